The first kappa shape index (κ1) is 12.7. The molecule has 16 heavy (non-hydrogen) atoms. The van der Waals surface area contributed by atoms with Crippen molar-refractivity contribution in [3.05, 3.63) is 23.7 Å². The minimum absolute atomic E-state index is 0.0329. The lowest BCUT2D eigenvalue weighted by atomic mass is 10.1. The summed E-state index contributed by atoms with van der Waals surface area (Å²) in [5.74, 6) is 0.131. The van der Waals surface area contributed by atoms with Crippen molar-refractivity contribution < 1.29 is 9.21 Å². The fourth-order valence-electron chi connectivity index (χ4n) is 1.40. The van der Waals surface area contributed by atoms with Crippen LogP contribution >= 0.6 is 12.2 Å². The lowest BCUT2D eigenvalue weighted by Gasteiger charge is -2.15. The molecule has 5 heteroatoms. The molecule has 4 nitrogen and oxygen atoms in total. The molecule has 1 amide bonds. The van der Waals surface area contributed by atoms with Gasteiger partial charge in [-0.05, 0) is 19.4 Å². The summed E-state index contributed by atoms with van der Waals surface area (Å²) in [7, 11) is 0. The molecule has 1 heterocycles. The first-order valence-corrected chi connectivity index (χ1v) is 5.58. The van der Waals surface area contributed by atoms with Gasteiger partial charge in [0.25, 0.3) is 5.91 Å². The average Bonchev–Trinajstić information content (AvgIpc) is 2.62. The van der Waals surface area contributed by atoms with Crippen LogP contribution in [0.4, 0.5) is 0 Å². The normalized spacial score (nSPS) is 12.1. The molecule has 0 aliphatic carbocycles. The third-order valence-electron chi connectivity index (χ3n) is 2.34. The third kappa shape index (κ3) is 3.34. The monoisotopic (exact) mass is 240 g/mol. The van der Waals surface area contributed by atoms with Crippen molar-refractivity contribution >= 4 is 23.1 Å². The van der Waals surface area contributed by atoms with Crippen LogP contribution in [-0.4, -0.2) is 16.9 Å². The van der Waals surface area contributed by atoms with Gasteiger partial charge < -0.3 is 15.5 Å². The number of thiocarbonyl (C=S) groups is 1. The first-order chi connectivity index (χ1) is 7.54. The Labute approximate surface area is 100 Å². The number of hydrogen-bond donors (Lipinski definition) is 2. The summed E-state index contributed by atoms with van der Waals surface area (Å²) in [4.78, 5) is 12.2. The molecule has 1 atom stereocenters. The molecule has 88 valence electrons. The van der Waals surface area contributed by atoms with Crippen molar-refractivity contribution in [1.82, 2.24) is 5.32 Å². The van der Waals surface area contributed by atoms with Gasteiger partial charge in [0.1, 0.15) is 0 Å². The van der Waals surface area contributed by atoms with Crippen LogP contribution in [0.15, 0.2) is 16.7 Å². The second-order valence-electron chi connectivity index (χ2n) is 3.68. The number of rotatable bonds is 5. The molecule has 0 aromatic carbocycles. The van der Waals surface area contributed by atoms with Gasteiger partial charge in [-0.25, -0.2) is 0 Å². The Morgan fingerprint density at radius 2 is 2.38 bits per heavy atom. The number of carbonyl (C=O) groups excluding carboxylic acids is 1. The number of hydrogen-bond acceptors (Lipinski definition) is 3. The zero-order valence-corrected chi connectivity index (χ0v) is 10.3. The maximum Gasteiger partial charge on any atom is 0.287 e. The molecule has 0 bridgehead atoms. The predicted molar refractivity (Wildman–Crippen MR) is 66.4 cm³/mol. The van der Waals surface area contributed by atoms with Crippen molar-refractivity contribution in [2.75, 3.05) is 0 Å². The second-order valence-corrected chi connectivity index (χ2v) is 4.21. The van der Waals surface area contributed by atoms with Gasteiger partial charge in [0.05, 0.1) is 11.3 Å². The Morgan fingerprint density at radius 3 is 2.81 bits per heavy atom. The Bertz CT molecular complexity index is 387. The van der Waals surface area contributed by atoms with Crippen LogP contribution < -0.4 is 11.1 Å². The summed E-state index contributed by atoms with van der Waals surface area (Å²) in [5, 5.41) is 2.84. The van der Waals surface area contributed by atoms with E-state index < -0.39 is 0 Å². The van der Waals surface area contributed by atoms with Crippen LogP contribution in [0.1, 0.15) is 35.9 Å². The van der Waals surface area contributed by atoms with Crippen molar-refractivity contribution in [3.63, 3.8) is 0 Å². The molecule has 0 spiro atoms. The quantitative estimate of drug-likeness (QED) is 0.770. The zero-order valence-electron chi connectivity index (χ0n) is 9.45. The van der Waals surface area contributed by atoms with Gasteiger partial charge in [0.2, 0.25) is 0 Å². The molecule has 1 rings (SSSR count). The Hall–Kier alpha value is -1.36. The van der Waals surface area contributed by atoms with E-state index in [9.17, 15) is 4.79 Å². The van der Waals surface area contributed by atoms with Crippen LogP contribution in [0.3, 0.4) is 0 Å². The molecule has 1 unspecified atom stereocenters. The number of nitrogens with one attached hydrogen (secondary N) is 1. The van der Waals surface area contributed by atoms with Crippen LogP contribution in [0.2, 0.25) is 0 Å². The van der Waals surface area contributed by atoms with Gasteiger partial charge in [0.15, 0.2) is 5.76 Å². The molecule has 3 N–H and O–H groups in total. The van der Waals surface area contributed by atoms with Crippen molar-refractivity contribution in [1.29, 1.82) is 0 Å². The Balaban J connectivity index is 2.62. The van der Waals surface area contributed by atoms with Crippen LogP contribution in [0.5, 0.6) is 0 Å². The summed E-state index contributed by atoms with van der Waals surface area (Å²) in [6, 6.07) is 1.72. The summed E-state index contributed by atoms with van der Waals surface area (Å²) in [6.45, 7) is 3.80. The fourth-order valence-corrected chi connectivity index (χ4v) is 1.60. The minimum atomic E-state index is -0.217. The molecular weight excluding hydrogens is 224 g/mol. The zero-order chi connectivity index (χ0) is 12.1. The lowest BCUT2D eigenvalue weighted by molar-refractivity contribution is 0.0908. The van der Waals surface area contributed by atoms with Crippen molar-refractivity contribution in [2.45, 2.75) is 32.7 Å². The van der Waals surface area contributed by atoms with Gasteiger partial charge in [-0.2, -0.15) is 0 Å². The maximum absolute atomic E-state index is 11.8. The van der Waals surface area contributed by atoms with E-state index in [1.165, 1.54) is 6.26 Å². The highest BCUT2D eigenvalue weighted by Crippen LogP contribution is 2.09. The highest BCUT2D eigenvalue weighted by atomic mass is 32.1. The van der Waals surface area contributed by atoms with Gasteiger partial charge >= 0.3 is 0 Å². The second kappa shape index (κ2) is 5.65. The van der Waals surface area contributed by atoms with Crippen molar-refractivity contribution in [2.24, 2.45) is 5.73 Å². The number of nitrogens with two attached hydrogens (primary N) is 1. The number of aryl methyl sites for hydroxylation is 1. The number of amides is 1. The first-order valence-electron chi connectivity index (χ1n) is 5.17. The highest BCUT2D eigenvalue weighted by molar-refractivity contribution is 7.80. The van der Waals surface area contributed by atoms with E-state index in [1.807, 2.05) is 13.8 Å². The molecule has 0 fully saturated rings. The van der Waals surface area contributed by atoms with Gasteiger partial charge in [-0.3, -0.25) is 4.79 Å². The minimum Gasteiger partial charge on any atom is -0.459 e. The number of carbonyl (C=O) groups is 1. The summed E-state index contributed by atoms with van der Waals surface area (Å²) in [5.41, 5.74) is 6.27. The van der Waals surface area contributed by atoms with E-state index >= 15 is 0 Å². The smallest absolute Gasteiger partial charge is 0.287 e. The average molecular weight is 240 g/mol. The molecule has 0 saturated heterocycles. The van der Waals surface area contributed by atoms with Crippen LogP contribution in [0.25, 0.3) is 0 Å². The van der Waals surface area contributed by atoms with Crippen LogP contribution in [0, 0.1) is 6.92 Å². The Kier molecular flexibility index (Phi) is 4.49. The molecule has 0 radical (unpaired) electrons. The third-order valence-corrected chi connectivity index (χ3v) is 2.51. The largest absolute Gasteiger partial charge is 0.459 e. The van der Waals surface area contributed by atoms with E-state index in [0.29, 0.717) is 17.2 Å². The topological polar surface area (TPSA) is 68.3 Å². The summed E-state index contributed by atoms with van der Waals surface area (Å²) >= 11 is 4.82. The summed E-state index contributed by atoms with van der Waals surface area (Å²) in [6.07, 6.45) is 2.79. The summed E-state index contributed by atoms with van der Waals surface area (Å²) < 4.78 is 5.10. The number of furan rings is 1. The lowest BCUT2D eigenvalue weighted by Crippen LogP contribution is -2.37. The molecule has 1 aromatic heterocycles. The highest BCUT2D eigenvalue weighted by Gasteiger charge is 2.16. The molecule has 1 aromatic rings. The fraction of sp³-hybridized carbons (Fsp3) is 0.455. The SMILES string of the molecule is CCC(CC(N)=S)NC(=O)c1occc1C. The van der Waals surface area contributed by atoms with Gasteiger partial charge in [0, 0.05) is 18.0 Å². The molecule has 0 saturated carbocycles. The van der Waals surface area contributed by atoms with E-state index in [0.717, 1.165) is 12.0 Å². The van der Waals surface area contributed by atoms with E-state index in [-0.39, 0.29) is 11.9 Å². The Morgan fingerprint density at radius 1 is 1.69 bits per heavy atom. The molecule has 0 aliphatic heterocycles. The predicted octanol–water partition coefficient (Wildman–Crippen LogP) is 1.77. The van der Waals surface area contributed by atoms with E-state index in [1.54, 1.807) is 6.07 Å². The van der Waals surface area contributed by atoms with Gasteiger partial charge in [-0.1, -0.05) is 19.1 Å². The van der Waals surface area contributed by atoms with E-state index in [2.05, 4.69) is 5.32 Å². The van der Waals surface area contributed by atoms with Crippen LogP contribution in [-0.2, 0) is 0 Å². The van der Waals surface area contributed by atoms with Gasteiger partial charge in [-0.15, -0.1) is 0 Å². The molecular formula is C11H16N2O2S. The molecule has 0 aliphatic rings. The standard InChI is InChI=1S/C11H16N2O2S/c1-3-8(6-9(12)16)13-11(14)10-7(2)4-5-15-10/h4-5,8H,3,6H2,1-2H3,(H2,12,16)(H,13,14). The van der Waals surface area contributed by atoms with E-state index in [4.69, 9.17) is 22.4 Å². The van der Waals surface area contributed by atoms with Crippen molar-refractivity contribution in [3.8, 4) is 0 Å². The maximum atomic E-state index is 11.8.